The van der Waals surface area contributed by atoms with Gasteiger partial charge >= 0.3 is 6.03 Å². The Bertz CT molecular complexity index is 905. The zero-order chi connectivity index (χ0) is 17.9. The Morgan fingerprint density at radius 3 is 3.08 bits per heavy atom. The summed E-state index contributed by atoms with van der Waals surface area (Å²) >= 11 is 0. The fourth-order valence-corrected chi connectivity index (χ4v) is 2.83. The smallest absolute Gasteiger partial charge is 0.319 e. The molecule has 2 amide bonds. The molecule has 26 heavy (non-hydrogen) atoms. The van der Waals surface area contributed by atoms with Crippen molar-refractivity contribution < 1.29 is 9.53 Å². The summed E-state index contributed by atoms with van der Waals surface area (Å²) < 4.78 is 8.93. The number of pyridine rings is 1. The molecule has 0 saturated carbocycles. The highest BCUT2D eigenvalue weighted by atomic mass is 16.5. The summed E-state index contributed by atoms with van der Waals surface area (Å²) in [6, 6.07) is 4.65. The van der Waals surface area contributed by atoms with Crippen LogP contribution in [0.2, 0.25) is 0 Å². The van der Waals surface area contributed by atoms with Crippen LogP contribution in [-0.4, -0.2) is 42.2 Å². The van der Waals surface area contributed by atoms with E-state index in [0.29, 0.717) is 37.1 Å². The SMILES string of the molecule is C[C@H](NC(=O)Nc1cccnc1-n1cccn1)c1nnc2n1CCOC2. The second kappa shape index (κ2) is 6.92. The maximum Gasteiger partial charge on any atom is 0.319 e. The third-order valence-electron chi connectivity index (χ3n) is 4.04. The molecule has 0 unspecified atom stereocenters. The summed E-state index contributed by atoms with van der Waals surface area (Å²) in [4.78, 5) is 16.7. The van der Waals surface area contributed by atoms with E-state index in [-0.39, 0.29) is 12.1 Å². The van der Waals surface area contributed by atoms with Gasteiger partial charge in [-0.05, 0) is 25.1 Å². The van der Waals surface area contributed by atoms with Gasteiger partial charge in [0.05, 0.1) is 18.3 Å². The molecule has 0 radical (unpaired) electrons. The highest BCUT2D eigenvalue weighted by Crippen LogP contribution is 2.18. The lowest BCUT2D eigenvalue weighted by Crippen LogP contribution is -2.33. The first kappa shape index (κ1) is 16.2. The number of carbonyl (C=O) groups is 1. The van der Waals surface area contributed by atoms with Gasteiger partial charge in [0.15, 0.2) is 17.5 Å². The number of ether oxygens (including phenoxy) is 1. The molecule has 4 rings (SSSR count). The molecule has 0 fully saturated rings. The van der Waals surface area contributed by atoms with Gasteiger partial charge in [0.25, 0.3) is 0 Å². The summed E-state index contributed by atoms with van der Waals surface area (Å²) in [6.45, 7) is 3.59. The van der Waals surface area contributed by atoms with E-state index < -0.39 is 0 Å². The first-order valence-corrected chi connectivity index (χ1v) is 8.24. The predicted octanol–water partition coefficient (Wildman–Crippen LogP) is 1.27. The van der Waals surface area contributed by atoms with Crippen molar-refractivity contribution in [2.45, 2.75) is 26.1 Å². The number of rotatable bonds is 4. The van der Waals surface area contributed by atoms with Gasteiger partial charge in [0.2, 0.25) is 0 Å². The normalized spacial score (nSPS) is 14.5. The molecule has 0 bridgehead atoms. The van der Waals surface area contributed by atoms with Crippen LogP contribution >= 0.6 is 0 Å². The van der Waals surface area contributed by atoms with E-state index in [0.717, 1.165) is 5.82 Å². The molecule has 4 heterocycles. The number of urea groups is 1. The Morgan fingerprint density at radius 1 is 1.31 bits per heavy atom. The fraction of sp³-hybridized carbons (Fsp3) is 0.312. The van der Waals surface area contributed by atoms with Crippen LogP contribution in [0.5, 0.6) is 0 Å². The van der Waals surface area contributed by atoms with Gasteiger partial charge in [-0.1, -0.05) is 0 Å². The van der Waals surface area contributed by atoms with Crippen LogP contribution in [0.3, 0.4) is 0 Å². The van der Waals surface area contributed by atoms with Gasteiger partial charge in [0, 0.05) is 25.1 Å². The van der Waals surface area contributed by atoms with Crippen LogP contribution in [0, 0.1) is 0 Å². The monoisotopic (exact) mass is 354 g/mol. The van der Waals surface area contributed by atoms with Crippen molar-refractivity contribution >= 4 is 11.7 Å². The van der Waals surface area contributed by atoms with E-state index in [4.69, 9.17) is 4.74 Å². The minimum absolute atomic E-state index is 0.306. The third kappa shape index (κ3) is 3.14. The highest BCUT2D eigenvalue weighted by Gasteiger charge is 2.22. The number of hydrogen-bond donors (Lipinski definition) is 2. The summed E-state index contributed by atoms with van der Waals surface area (Å²) in [5.41, 5.74) is 0.553. The van der Waals surface area contributed by atoms with Crippen molar-refractivity contribution in [3.63, 3.8) is 0 Å². The molecule has 3 aromatic rings. The van der Waals surface area contributed by atoms with E-state index in [1.54, 1.807) is 41.5 Å². The van der Waals surface area contributed by atoms with Crippen molar-refractivity contribution in [3.05, 3.63) is 48.4 Å². The number of aromatic nitrogens is 6. The summed E-state index contributed by atoms with van der Waals surface area (Å²) in [5.74, 6) is 2.02. The molecule has 0 aliphatic carbocycles. The maximum atomic E-state index is 12.4. The maximum absolute atomic E-state index is 12.4. The van der Waals surface area contributed by atoms with Crippen molar-refractivity contribution in [2.24, 2.45) is 0 Å². The molecule has 1 aliphatic heterocycles. The van der Waals surface area contributed by atoms with Gasteiger partial charge in [-0.15, -0.1) is 10.2 Å². The first-order valence-electron chi connectivity index (χ1n) is 8.24. The van der Waals surface area contributed by atoms with Crippen molar-refractivity contribution in [1.82, 2.24) is 34.8 Å². The van der Waals surface area contributed by atoms with Crippen molar-refractivity contribution in [2.75, 3.05) is 11.9 Å². The topological polar surface area (TPSA) is 112 Å². The first-order chi connectivity index (χ1) is 12.7. The number of nitrogens with one attached hydrogen (secondary N) is 2. The summed E-state index contributed by atoms with van der Waals surface area (Å²) in [5, 5.41) is 18.1. The Balaban J connectivity index is 1.47. The van der Waals surface area contributed by atoms with Gasteiger partial charge in [0.1, 0.15) is 6.61 Å². The summed E-state index contributed by atoms with van der Waals surface area (Å²) in [6.07, 6.45) is 5.06. The van der Waals surface area contributed by atoms with Crippen LogP contribution < -0.4 is 10.6 Å². The van der Waals surface area contributed by atoms with Crippen LogP contribution in [0.15, 0.2) is 36.8 Å². The minimum atomic E-state index is -0.358. The molecular formula is C16H18N8O2. The highest BCUT2D eigenvalue weighted by molar-refractivity contribution is 5.91. The van der Waals surface area contributed by atoms with E-state index in [1.807, 2.05) is 11.5 Å². The molecule has 1 atom stereocenters. The average Bonchev–Trinajstić information content (AvgIpc) is 3.32. The molecule has 1 aliphatic rings. The third-order valence-corrected chi connectivity index (χ3v) is 4.04. The lowest BCUT2D eigenvalue weighted by Gasteiger charge is -2.19. The lowest BCUT2D eigenvalue weighted by molar-refractivity contribution is 0.0802. The molecule has 10 nitrogen and oxygen atoms in total. The van der Waals surface area contributed by atoms with Gasteiger partial charge < -0.3 is 19.9 Å². The Hall–Kier alpha value is -3.27. The molecule has 3 aromatic heterocycles. The number of nitrogens with zero attached hydrogens (tertiary/aromatic N) is 6. The van der Waals surface area contributed by atoms with Crippen LogP contribution in [-0.2, 0) is 17.9 Å². The lowest BCUT2D eigenvalue weighted by atomic mass is 10.3. The molecular weight excluding hydrogens is 336 g/mol. The zero-order valence-electron chi connectivity index (χ0n) is 14.2. The van der Waals surface area contributed by atoms with Crippen LogP contribution in [0.4, 0.5) is 10.5 Å². The number of carbonyl (C=O) groups excluding carboxylic acids is 1. The van der Waals surface area contributed by atoms with E-state index in [9.17, 15) is 4.79 Å². The molecule has 0 saturated heterocycles. The van der Waals surface area contributed by atoms with E-state index >= 15 is 0 Å². The largest absolute Gasteiger partial charge is 0.372 e. The number of fused-ring (bicyclic) bond motifs is 1. The molecule has 2 N–H and O–H groups in total. The van der Waals surface area contributed by atoms with Gasteiger partial charge in [-0.2, -0.15) is 5.10 Å². The van der Waals surface area contributed by atoms with Gasteiger partial charge in [-0.25, -0.2) is 14.5 Å². The zero-order valence-corrected chi connectivity index (χ0v) is 14.2. The van der Waals surface area contributed by atoms with Crippen molar-refractivity contribution in [3.8, 4) is 5.82 Å². The molecule has 134 valence electrons. The molecule has 0 spiro atoms. The Labute approximate surface area is 149 Å². The average molecular weight is 354 g/mol. The van der Waals surface area contributed by atoms with E-state index in [1.165, 1.54) is 0 Å². The van der Waals surface area contributed by atoms with E-state index in [2.05, 4.69) is 30.9 Å². The Kier molecular flexibility index (Phi) is 4.32. The van der Waals surface area contributed by atoms with Crippen LogP contribution in [0.25, 0.3) is 5.82 Å². The number of anilines is 1. The second-order valence-corrected chi connectivity index (χ2v) is 5.82. The predicted molar refractivity (Wildman–Crippen MR) is 91.6 cm³/mol. The summed E-state index contributed by atoms with van der Waals surface area (Å²) in [7, 11) is 0. The fourth-order valence-electron chi connectivity index (χ4n) is 2.83. The minimum Gasteiger partial charge on any atom is -0.372 e. The quantitative estimate of drug-likeness (QED) is 0.730. The van der Waals surface area contributed by atoms with Crippen LogP contribution in [0.1, 0.15) is 24.6 Å². The van der Waals surface area contributed by atoms with Crippen molar-refractivity contribution in [1.29, 1.82) is 0 Å². The standard InChI is InChI=1S/C16H18N8O2/c1-11(14-22-21-13-10-26-9-8-23(13)14)19-16(25)20-12-4-2-5-17-15(12)24-7-3-6-18-24/h2-7,11H,8-10H2,1H3,(H2,19,20,25)/t11-/m0/s1. The van der Waals surface area contributed by atoms with Gasteiger partial charge in [-0.3, -0.25) is 0 Å². The molecule has 10 heteroatoms. The Morgan fingerprint density at radius 2 is 2.23 bits per heavy atom. The number of amides is 2. The molecule has 0 aromatic carbocycles. The number of hydrogen-bond acceptors (Lipinski definition) is 6. The second-order valence-electron chi connectivity index (χ2n) is 5.82.